The second kappa shape index (κ2) is 12.3. The van der Waals surface area contributed by atoms with Gasteiger partial charge in [0, 0.05) is 26.5 Å². The van der Waals surface area contributed by atoms with Crippen LogP contribution in [0.5, 0.6) is 0 Å². The van der Waals surface area contributed by atoms with Crippen molar-refractivity contribution < 1.29 is 0 Å². The normalized spacial score (nSPS) is 13.3. The Morgan fingerprint density at radius 1 is 0.333 bits per heavy atom. The number of aromatic nitrogens is 2. The van der Waals surface area contributed by atoms with Gasteiger partial charge in [-0.1, -0.05) is 169 Å². The van der Waals surface area contributed by atoms with Crippen molar-refractivity contribution >= 4 is 22.5 Å². The third kappa shape index (κ3) is 4.75. The van der Waals surface area contributed by atoms with Gasteiger partial charge in [-0.2, -0.15) is 0 Å². The average Bonchev–Trinajstić information content (AvgIpc) is 3.54. The van der Waals surface area contributed by atoms with Crippen LogP contribution in [0.1, 0.15) is 22.3 Å². The van der Waals surface area contributed by atoms with Crippen LogP contribution in [0.3, 0.4) is 0 Å². The lowest BCUT2D eigenvalue weighted by Crippen LogP contribution is -2.32. The van der Waals surface area contributed by atoms with Gasteiger partial charge in [-0.05, 0) is 91.7 Å². The third-order valence-corrected chi connectivity index (χ3v) is 12.3. The fraction of sp³-hybridized carbons (Fsp3) is 0.0196. The summed E-state index contributed by atoms with van der Waals surface area (Å²) in [5.41, 5.74) is 14.8. The Labute approximate surface area is 318 Å². The molecule has 0 bridgehead atoms. The number of nitrogens with zero attached hydrogens (tertiary/aromatic N) is 2. The molecule has 9 aromatic rings. The quantitative estimate of drug-likeness (QED) is 0.182. The molecule has 0 unspecified atom stereocenters. The molecule has 8 aromatic carbocycles. The van der Waals surface area contributed by atoms with Gasteiger partial charge in [0.15, 0.2) is 5.82 Å². The predicted octanol–water partition coefficient (Wildman–Crippen LogP) is 13.1. The monoisotopic (exact) mass is 704 g/mol. The second-order valence-electron chi connectivity index (χ2n) is 14.1. The van der Waals surface area contributed by atoms with Crippen molar-refractivity contribution in [3.05, 3.63) is 216 Å². The number of fused-ring (bicyclic) bond motifs is 10. The minimum Gasteiger partial charge on any atom is -0.228 e. The Kier molecular flexibility index (Phi) is 7.05. The number of benzene rings is 8. The number of hydrogen-bond acceptors (Lipinski definition) is 3. The van der Waals surface area contributed by atoms with Gasteiger partial charge >= 0.3 is 0 Å². The lowest BCUT2D eigenvalue weighted by molar-refractivity contribution is 0.723. The van der Waals surface area contributed by atoms with Crippen molar-refractivity contribution in [3.63, 3.8) is 0 Å². The van der Waals surface area contributed by atoms with Crippen molar-refractivity contribution in [2.24, 2.45) is 0 Å². The first-order chi connectivity index (χ1) is 26.7. The van der Waals surface area contributed by atoms with Crippen molar-refractivity contribution in [2.45, 2.75) is 15.2 Å². The first kappa shape index (κ1) is 31.0. The molecule has 0 saturated carbocycles. The van der Waals surface area contributed by atoms with Crippen LogP contribution in [0.2, 0.25) is 0 Å². The van der Waals surface area contributed by atoms with Crippen molar-refractivity contribution in [1.82, 2.24) is 9.97 Å². The zero-order valence-electron chi connectivity index (χ0n) is 29.3. The van der Waals surface area contributed by atoms with Crippen LogP contribution in [-0.2, 0) is 5.41 Å². The topological polar surface area (TPSA) is 25.8 Å². The predicted molar refractivity (Wildman–Crippen MR) is 223 cm³/mol. The highest BCUT2D eigenvalue weighted by Gasteiger charge is 2.50. The zero-order valence-corrected chi connectivity index (χ0v) is 30.1. The fourth-order valence-corrected chi connectivity index (χ4v) is 9.88. The maximum absolute atomic E-state index is 5.23. The van der Waals surface area contributed by atoms with Gasteiger partial charge in [-0.15, -0.1) is 0 Å². The van der Waals surface area contributed by atoms with Gasteiger partial charge in [0.2, 0.25) is 0 Å². The number of rotatable bonds is 4. The molecule has 2 nitrogen and oxygen atoms in total. The highest BCUT2D eigenvalue weighted by molar-refractivity contribution is 7.99. The molecule has 0 saturated heterocycles. The highest BCUT2D eigenvalue weighted by atomic mass is 32.2. The van der Waals surface area contributed by atoms with Crippen LogP contribution in [-0.4, -0.2) is 9.97 Å². The molecule has 252 valence electrons. The molecule has 1 aliphatic carbocycles. The van der Waals surface area contributed by atoms with E-state index in [-0.39, 0.29) is 0 Å². The summed E-state index contributed by atoms with van der Waals surface area (Å²) in [6, 6.07) is 70.3. The van der Waals surface area contributed by atoms with Gasteiger partial charge < -0.3 is 0 Å². The lowest BCUT2D eigenvalue weighted by Gasteiger charge is -2.40. The molecule has 3 heteroatoms. The number of hydrogen-bond donors (Lipinski definition) is 0. The van der Waals surface area contributed by atoms with Gasteiger partial charge in [-0.25, -0.2) is 9.97 Å². The molecule has 2 aliphatic rings. The van der Waals surface area contributed by atoms with Gasteiger partial charge in [-0.3, -0.25) is 0 Å². The summed E-state index contributed by atoms with van der Waals surface area (Å²) < 4.78 is 0. The van der Waals surface area contributed by atoms with E-state index in [2.05, 4.69) is 188 Å². The molecular weight excluding hydrogens is 673 g/mol. The standard InChI is InChI=1S/C51H32N2S/c1-2-14-34(15-3-1)46-32-47(38-26-25-33-13-4-5-16-35(33)29-38)53-50(52-46)39-18-12-17-36(30-39)37-27-28-49-45(31-37)51(44-23-10-11-24-48(44)54-49)42-21-8-6-19-40(42)41-20-7-9-22-43(41)51/h1-32H. The van der Waals surface area contributed by atoms with Crippen LogP contribution < -0.4 is 0 Å². The SMILES string of the molecule is c1ccc(-c2cc(-c3ccc4ccccc4c3)nc(-c3cccc(-c4ccc5c(c4)C4(c6ccccc6S5)c5ccccc5-c5ccccc54)c3)n2)cc1. The molecule has 1 aromatic heterocycles. The molecule has 1 aliphatic heterocycles. The molecule has 0 amide bonds. The molecule has 0 fully saturated rings. The molecule has 0 N–H and O–H groups in total. The lowest BCUT2D eigenvalue weighted by atomic mass is 9.67. The van der Waals surface area contributed by atoms with Crippen LogP contribution in [0.4, 0.5) is 0 Å². The Morgan fingerprint density at radius 2 is 0.907 bits per heavy atom. The summed E-state index contributed by atoms with van der Waals surface area (Å²) in [5.74, 6) is 0.707. The summed E-state index contributed by atoms with van der Waals surface area (Å²) >= 11 is 1.88. The maximum Gasteiger partial charge on any atom is 0.160 e. The van der Waals surface area contributed by atoms with E-state index in [1.54, 1.807) is 0 Å². The molecular formula is C51H32N2S. The molecule has 11 rings (SSSR count). The van der Waals surface area contributed by atoms with E-state index in [4.69, 9.17) is 9.97 Å². The van der Waals surface area contributed by atoms with Crippen LogP contribution in [0.15, 0.2) is 204 Å². The Bertz CT molecular complexity index is 2880. The second-order valence-corrected chi connectivity index (χ2v) is 15.2. The van der Waals surface area contributed by atoms with Crippen LogP contribution in [0, 0.1) is 0 Å². The van der Waals surface area contributed by atoms with Gasteiger partial charge in [0.1, 0.15) is 0 Å². The Balaban J connectivity index is 1.08. The van der Waals surface area contributed by atoms with Crippen LogP contribution in [0.25, 0.3) is 66.9 Å². The first-order valence-electron chi connectivity index (χ1n) is 18.4. The smallest absolute Gasteiger partial charge is 0.160 e. The largest absolute Gasteiger partial charge is 0.228 e. The maximum atomic E-state index is 5.23. The van der Waals surface area contributed by atoms with E-state index in [9.17, 15) is 0 Å². The van der Waals surface area contributed by atoms with Crippen molar-refractivity contribution in [2.75, 3.05) is 0 Å². The molecule has 54 heavy (non-hydrogen) atoms. The summed E-state index contributed by atoms with van der Waals surface area (Å²) in [7, 11) is 0. The summed E-state index contributed by atoms with van der Waals surface area (Å²) in [6.45, 7) is 0. The van der Waals surface area contributed by atoms with Crippen LogP contribution >= 0.6 is 11.8 Å². The average molecular weight is 705 g/mol. The third-order valence-electron chi connectivity index (χ3n) is 11.1. The van der Waals surface area contributed by atoms with Crippen molar-refractivity contribution in [3.8, 4) is 56.2 Å². The molecule has 2 heterocycles. The Hall–Kier alpha value is -6.55. The highest BCUT2D eigenvalue weighted by Crippen LogP contribution is 2.62. The minimum absolute atomic E-state index is 0.417. The summed E-state index contributed by atoms with van der Waals surface area (Å²) in [4.78, 5) is 13.0. The Morgan fingerprint density at radius 3 is 1.70 bits per heavy atom. The van der Waals surface area contributed by atoms with E-state index in [0.717, 1.165) is 33.6 Å². The minimum atomic E-state index is -0.417. The van der Waals surface area contributed by atoms with E-state index < -0.39 is 5.41 Å². The van der Waals surface area contributed by atoms with Gasteiger partial charge in [0.05, 0.1) is 16.8 Å². The first-order valence-corrected chi connectivity index (χ1v) is 19.2. The van der Waals surface area contributed by atoms with Crippen molar-refractivity contribution in [1.29, 1.82) is 0 Å². The van der Waals surface area contributed by atoms with E-state index in [1.807, 2.05) is 17.8 Å². The van der Waals surface area contributed by atoms with E-state index in [0.29, 0.717) is 5.82 Å². The zero-order chi connectivity index (χ0) is 35.6. The van der Waals surface area contributed by atoms with E-state index in [1.165, 1.54) is 59.5 Å². The molecule has 0 radical (unpaired) electrons. The van der Waals surface area contributed by atoms with E-state index >= 15 is 0 Å². The fourth-order valence-electron chi connectivity index (χ4n) is 8.70. The van der Waals surface area contributed by atoms with Gasteiger partial charge in [0.25, 0.3) is 0 Å². The molecule has 1 spiro atoms. The summed E-state index contributed by atoms with van der Waals surface area (Å²) in [5, 5.41) is 2.40. The molecule has 0 atom stereocenters. The summed E-state index contributed by atoms with van der Waals surface area (Å²) in [6.07, 6.45) is 0.